The van der Waals surface area contributed by atoms with Gasteiger partial charge in [-0.1, -0.05) is 45.9 Å². The van der Waals surface area contributed by atoms with Crippen molar-refractivity contribution in [3.05, 3.63) is 59.0 Å². The van der Waals surface area contributed by atoms with Gasteiger partial charge in [0, 0.05) is 11.3 Å². The number of hydrogen-bond donors (Lipinski definition) is 0. The minimum absolute atomic E-state index is 0.158. The highest BCUT2D eigenvalue weighted by atomic mass is 32.2. The maximum Gasteiger partial charge on any atom is 0.272 e. The van der Waals surface area contributed by atoms with E-state index in [2.05, 4.69) is 13.8 Å². The van der Waals surface area contributed by atoms with E-state index in [-0.39, 0.29) is 17.1 Å². The molecule has 0 unspecified atom stereocenters. The molecule has 0 aliphatic carbocycles. The molecule has 0 radical (unpaired) electrons. The number of methoxy groups -OCH3 is 1. The van der Waals surface area contributed by atoms with Gasteiger partial charge in [-0.05, 0) is 35.7 Å². The molecule has 0 N–H and O–H groups in total. The largest absolute Gasteiger partial charge is 0.497 e. The fraction of sp³-hybridized carbons (Fsp3) is 0.333. The fourth-order valence-corrected chi connectivity index (χ4v) is 4.06. The van der Waals surface area contributed by atoms with Crippen molar-refractivity contribution in [3.63, 3.8) is 0 Å². The Hall–Kier alpha value is -2.73. The van der Waals surface area contributed by atoms with Crippen LogP contribution in [0.4, 0.5) is 5.69 Å². The second-order valence-corrected chi connectivity index (χ2v) is 9.33. The Labute approximate surface area is 182 Å². The zero-order chi connectivity index (χ0) is 21.8. The Balaban J connectivity index is 1.98. The molecule has 1 aliphatic heterocycles. The number of anilines is 1. The Bertz CT molecular complexity index is 963. The van der Waals surface area contributed by atoms with E-state index in [1.165, 1.54) is 16.7 Å². The molecule has 30 heavy (non-hydrogen) atoms. The molecular weight excluding hydrogens is 398 g/mol. The summed E-state index contributed by atoms with van der Waals surface area (Å²) in [5.41, 5.74) is 1.63. The Morgan fingerprint density at radius 1 is 0.933 bits per heavy atom. The van der Waals surface area contributed by atoms with Gasteiger partial charge >= 0.3 is 0 Å². The third-order valence-corrected chi connectivity index (χ3v) is 5.52. The van der Waals surface area contributed by atoms with Crippen LogP contribution in [-0.4, -0.2) is 30.8 Å². The van der Waals surface area contributed by atoms with Gasteiger partial charge in [-0.15, -0.1) is 11.8 Å². The summed E-state index contributed by atoms with van der Waals surface area (Å²) in [5.74, 6) is 1.13. The summed E-state index contributed by atoms with van der Waals surface area (Å²) in [6.45, 7) is 8.81. The maximum absolute atomic E-state index is 13.4. The first-order chi connectivity index (χ1) is 14.3. The molecule has 0 spiro atoms. The number of hydrogen-bond acceptors (Lipinski definition) is 5. The molecule has 0 aromatic heterocycles. The van der Waals surface area contributed by atoms with Gasteiger partial charge in [-0.2, -0.15) is 0 Å². The van der Waals surface area contributed by atoms with Gasteiger partial charge in [0.25, 0.3) is 11.8 Å². The third-order valence-electron chi connectivity index (χ3n) is 4.43. The number of imide groups is 1. The summed E-state index contributed by atoms with van der Waals surface area (Å²) in [6.07, 6.45) is 0. The van der Waals surface area contributed by atoms with Crippen molar-refractivity contribution in [1.29, 1.82) is 0 Å². The molecule has 2 aromatic carbocycles. The van der Waals surface area contributed by atoms with Gasteiger partial charge < -0.3 is 9.47 Å². The molecule has 0 atom stereocenters. The van der Waals surface area contributed by atoms with Crippen LogP contribution in [0, 0.1) is 5.92 Å². The highest BCUT2D eigenvalue weighted by Crippen LogP contribution is 2.40. The SMILES string of the molecule is COc1cccc(N2C(=O)C(SC(C)C)=C(c3ccc(OCC(C)C)cc3)C2=O)c1. The fourth-order valence-electron chi connectivity index (χ4n) is 3.07. The van der Waals surface area contributed by atoms with Gasteiger partial charge in [0.15, 0.2) is 0 Å². The molecule has 2 aromatic rings. The highest BCUT2D eigenvalue weighted by molar-refractivity contribution is 8.04. The van der Waals surface area contributed by atoms with Crippen molar-refractivity contribution in [2.75, 3.05) is 18.6 Å². The molecule has 5 nitrogen and oxygen atoms in total. The molecule has 158 valence electrons. The quantitative estimate of drug-likeness (QED) is 0.547. The lowest BCUT2D eigenvalue weighted by Gasteiger charge is -2.16. The summed E-state index contributed by atoms with van der Waals surface area (Å²) in [4.78, 5) is 28.3. The van der Waals surface area contributed by atoms with Gasteiger partial charge in [-0.3, -0.25) is 9.59 Å². The number of carbonyl (C=O) groups is 2. The zero-order valence-corrected chi connectivity index (χ0v) is 18.8. The van der Waals surface area contributed by atoms with E-state index in [4.69, 9.17) is 9.47 Å². The third kappa shape index (κ3) is 4.70. The second kappa shape index (κ2) is 9.39. The normalized spacial score (nSPS) is 14.3. The topological polar surface area (TPSA) is 55.8 Å². The molecule has 0 saturated carbocycles. The van der Waals surface area contributed by atoms with Crippen LogP contribution in [0.1, 0.15) is 33.3 Å². The molecule has 0 bridgehead atoms. The number of thioether (sulfide) groups is 1. The number of carbonyl (C=O) groups excluding carboxylic acids is 2. The highest BCUT2D eigenvalue weighted by Gasteiger charge is 2.40. The molecule has 0 saturated heterocycles. The minimum atomic E-state index is -0.327. The van der Waals surface area contributed by atoms with Crippen LogP contribution < -0.4 is 14.4 Å². The van der Waals surface area contributed by atoms with Crippen molar-refractivity contribution in [2.24, 2.45) is 5.92 Å². The molecule has 3 rings (SSSR count). The smallest absolute Gasteiger partial charge is 0.272 e. The van der Waals surface area contributed by atoms with Crippen LogP contribution in [0.15, 0.2) is 53.4 Å². The predicted molar refractivity (Wildman–Crippen MR) is 122 cm³/mol. The minimum Gasteiger partial charge on any atom is -0.497 e. The molecule has 6 heteroatoms. The Kier molecular flexibility index (Phi) is 6.87. The Morgan fingerprint density at radius 2 is 1.63 bits per heavy atom. The summed E-state index contributed by atoms with van der Waals surface area (Å²) >= 11 is 1.41. The van der Waals surface area contributed by atoms with Gasteiger partial charge in [-0.25, -0.2) is 4.90 Å². The first-order valence-corrected chi connectivity index (χ1v) is 10.9. The van der Waals surface area contributed by atoms with E-state index >= 15 is 0 Å². The summed E-state index contributed by atoms with van der Waals surface area (Å²) < 4.78 is 11.0. The number of nitrogens with zero attached hydrogens (tertiary/aromatic N) is 1. The average molecular weight is 426 g/mol. The predicted octanol–water partition coefficient (Wildman–Crippen LogP) is 5.16. The van der Waals surface area contributed by atoms with Crippen molar-refractivity contribution < 1.29 is 19.1 Å². The van der Waals surface area contributed by atoms with Gasteiger partial charge in [0.2, 0.25) is 0 Å². The Morgan fingerprint density at radius 3 is 2.23 bits per heavy atom. The van der Waals surface area contributed by atoms with Crippen LogP contribution in [-0.2, 0) is 9.59 Å². The number of ether oxygens (including phenoxy) is 2. The molecular formula is C24H27NO4S. The van der Waals surface area contributed by atoms with Crippen LogP contribution in [0.3, 0.4) is 0 Å². The lowest BCUT2D eigenvalue weighted by Crippen LogP contribution is -2.31. The number of amides is 2. The first-order valence-electron chi connectivity index (χ1n) is 9.98. The van der Waals surface area contributed by atoms with Crippen LogP contribution in [0.2, 0.25) is 0 Å². The van der Waals surface area contributed by atoms with Crippen LogP contribution in [0.25, 0.3) is 5.57 Å². The summed E-state index contributed by atoms with van der Waals surface area (Å²) in [7, 11) is 1.55. The molecule has 1 aliphatic rings. The van der Waals surface area contributed by atoms with E-state index in [1.807, 2.05) is 38.1 Å². The molecule has 1 heterocycles. The van der Waals surface area contributed by atoms with Gasteiger partial charge in [0.1, 0.15) is 11.5 Å². The molecule has 0 fully saturated rings. The lowest BCUT2D eigenvalue weighted by atomic mass is 10.1. The summed E-state index contributed by atoms with van der Waals surface area (Å²) in [5, 5.41) is 0.158. The van der Waals surface area contributed by atoms with E-state index in [9.17, 15) is 9.59 Å². The number of benzene rings is 2. The van der Waals surface area contributed by atoms with Crippen molar-refractivity contribution in [3.8, 4) is 11.5 Å². The lowest BCUT2D eigenvalue weighted by molar-refractivity contribution is -0.119. The van der Waals surface area contributed by atoms with Crippen molar-refractivity contribution in [1.82, 2.24) is 0 Å². The van der Waals surface area contributed by atoms with E-state index in [1.54, 1.807) is 31.4 Å². The van der Waals surface area contributed by atoms with E-state index in [0.29, 0.717) is 40.0 Å². The van der Waals surface area contributed by atoms with Crippen molar-refractivity contribution >= 4 is 34.8 Å². The molecule has 2 amide bonds. The van der Waals surface area contributed by atoms with Crippen LogP contribution >= 0.6 is 11.8 Å². The monoisotopic (exact) mass is 425 g/mol. The van der Waals surface area contributed by atoms with E-state index < -0.39 is 0 Å². The maximum atomic E-state index is 13.4. The van der Waals surface area contributed by atoms with Gasteiger partial charge in [0.05, 0.1) is 29.9 Å². The number of rotatable bonds is 8. The standard InChI is InChI=1S/C24H27NO4S/c1-15(2)14-29-19-11-9-17(10-12-19)21-22(30-16(3)4)24(27)25(23(21)26)18-7-6-8-20(13-18)28-5/h6-13,15-16H,14H2,1-5H3. The first kappa shape index (κ1) is 22.0. The van der Waals surface area contributed by atoms with Crippen molar-refractivity contribution in [2.45, 2.75) is 32.9 Å². The summed E-state index contributed by atoms with van der Waals surface area (Å²) in [6, 6.07) is 14.3. The zero-order valence-electron chi connectivity index (χ0n) is 18.0. The van der Waals surface area contributed by atoms with Crippen LogP contribution in [0.5, 0.6) is 11.5 Å². The second-order valence-electron chi connectivity index (χ2n) is 7.75. The van der Waals surface area contributed by atoms with E-state index in [0.717, 1.165) is 5.75 Å². The average Bonchev–Trinajstić information content (AvgIpc) is 2.96.